The van der Waals surface area contributed by atoms with Gasteiger partial charge in [0, 0.05) is 24.8 Å². The van der Waals surface area contributed by atoms with E-state index in [2.05, 4.69) is 15.3 Å². The fraction of sp³-hybridized carbons (Fsp3) is 0.353. The highest BCUT2D eigenvalue weighted by Gasteiger charge is 2.30. The Hall–Kier alpha value is -2.64. The summed E-state index contributed by atoms with van der Waals surface area (Å²) in [7, 11) is 0. The molecule has 0 saturated carbocycles. The van der Waals surface area contributed by atoms with Crippen molar-refractivity contribution in [2.24, 2.45) is 0 Å². The third-order valence-corrected chi connectivity index (χ3v) is 3.61. The van der Waals surface area contributed by atoms with Crippen LogP contribution < -0.4 is 10.2 Å². The number of aryl methyl sites for hydroxylation is 1. The molecular formula is C17H19F3N4O. The van der Waals surface area contributed by atoms with Crippen molar-refractivity contribution < 1.29 is 18.0 Å². The van der Waals surface area contributed by atoms with Crippen molar-refractivity contribution in [3.05, 3.63) is 47.4 Å². The number of hydrogen-bond donors (Lipinski definition) is 1. The van der Waals surface area contributed by atoms with E-state index >= 15 is 0 Å². The summed E-state index contributed by atoms with van der Waals surface area (Å²) in [5, 5.41) is 2.55. The number of hydrogen-bond acceptors (Lipinski definition) is 4. The fourth-order valence-corrected chi connectivity index (χ4v) is 2.32. The minimum absolute atomic E-state index is 0.161. The van der Waals surface area contributed by atoms with E-state index in [1.807, 2.05) is 18.7 Å². The molecule has 0 saturated heterocycles. The summed E-state index contributed by atoms with van der Waals surface area (Å²) >= 11 is 0. The van der Waals surface area contributed by atoms with Gasteiger partial charge in [-0.15, -0.1) is 0 Å². The lowest BCUT2D eigenvalue weighted by atomic mass is 10.2. The van der Waals surface area contributed by atoms with Crippen LogP contribution in [0.5, 0.6) is 0 Å². The van der Waals surface area contributed by atoms with Crippen LogP contribution in [0.25, 0.3) is 0 Å². The van der Waals surface area contributed by atoms with Crippen LogP contribution in [0.4, 0.5) is 24.7 Å². The minimum atomic E-state index is -4.41. The molecule has 8 heteroatoms. The lowest BCUT2D eigenvalue weighted by Gasteiger charge is -2.20. The van der Waals surface area contributed by atoms with E-state index in [4.69, 9.17) is 0 Å². The number of amides is 1. The lowest BCUT2D eigenvalue weighted by Crippen LogP contribution is -2.24. The van der Waals surface area contributed by atoms with Crippen molar-refractivity contribution in [1.82, 2.24) is 9.97 Å². The summed E-state index contributed by atoms with van der Waals surface area (Å²) in [6.07, 6.45) is -4.41. The van der Waals surface area contributed by atoms with Gasteiger partial charge in [0.1, 0.15) is 17.3 Å². The standard InChI is InChI=1S/C17H19F3N4O/c1-4-24(5-2)15-10-14(21-11(3)22-15)16(25)23-13-8-6-12(7-9-13)17(18,19)20/h6-10H,4-5H2,1-3H3,(H,23,25). The van der Waals surface area contributed by atoms with Crippen LogP contribution in [0.1, 0.15) is 35.7 Å². The van der Waals surface area contributed by atoms with E-state index in [1.165, 1.54) is 12.1 Å². The number of halogens is 3. The Labute approximate surface area is 143 Å². The Morgan fingerprint density at radius 2 is 1.72 bits per heavy atom. The molecule has 1 N–H and O–H groups in total. The average molecular weight is 352 g/mol. The third-order valence-electron chi connectivity index (χ3n) is 3.61. The number of alkyl halides is 3. The number of carbonyl (C=O) groups excluding carboxylic acids is 1. The highest BCUT2D eigenvalue weighted by Crippen LogP contribution is 2.29. The van der Waals surface area contributed by atoms with Crippen molar-refractivity contribution in [3.8, 4) is 0 Å². The van der Waals surface area contributed by atoms with E-state index in [0.29, 0.717) is 11.6 Å². The predicted octanol–water partition coefficient (Wildman–Crippen LogP) is 3.90. The Morgan fingerprint density at radius 1 is 1.12 bits per heavy atom. The predicted molar refractivity (Wildman–Crippen MR) is 89.7 cm³/mol. The van der Waals surface area contributed by atoms with Gasteiger partial charge < -0.3 is 10.2 Å². The Morgan fingerprint density at radius 3 is 2.24 bits per heavy atom. The molecule has 5 nitrogen and oxygen atoms in total. The van der Waals surface area contributed by atoms with Crippen LogP contribution in [0, 0.1) is 6.92 Å². The van der Waals surface area contributed by atoms with Crippen molar-refractivity contribution >= 4 is 17.4 Å². The quantitative estimate of drug-likeness (QED) is 0.887. The van der Waals surface area contributed by atoms with Crippen LogP contribution in [-0.4, -0.2) is 29.0 Å². The number of rotatable bonds is 5. The molecule has 2 rings (SSSR count). The maximum Gasteiger partial charge on any atom is 0.416 e. The summed E-state index contributed by atoms with van der Waals surface area (Å²) in [6.45, 7) is 7.09. The van der Waals surface area contributed by atoms with Gasteiger partial charge in [-0.05, 0) is 45.0 Å². The highest BCUT2D eigenvalue weighted by molar-refractivity contribution is 6.03. The second kappa shape index (κ2) is 7.50. The lowest BCUT2D eigenvalue weighted by molar-refractivity contribution is -0.137. The zero-order chi connectivity index (χ0) is 18.6. The van der Waals surface area contributed by atoms with Crippen LogP contribution in [0.3, 0.4) is 0 Å². The molecule has 0 bridgehead atoms. The first-order valence-corrected chi connectivity index (χ1v) is 7.83. The molecule has 2 aromatic rings. The molecule has 0 aliphatic carbocycles. The van der Waals surface area contributed by atoms with Gasteiger partial charge in [0.2, 0.25) is 0 Å². The summed E-state index contributed by atoms with van der Waals surface area (Å²) in [5.74, 6) is 0.579. The molecule has 1 aromatic carbocycles. The number of nitrogens with one attached hydrogen (secondary N) is 1. The molecule has 1 aromatic heterocycles. The van der Waals surface area contributed by atoms with Gasteiger partial charge in [-0.3, -0.25) is 4.79 Å². The SMILES string of the molecule is CCN(CC)c1cc(C(=O)Nc2ccc(C(F)(F)F)cc2)nc(C)n1. The van der Waals surface area contributed by atoms with Gasteiger partial charge in [-0.2, -0.15) is 13.2 Å². The van der Waals surface area contributed by atoms with E-state index in [9.17, 15) is 18.0 Å². The molecule has 0 radical (unpaired) electrons. The number of anilines is 2. The molecular weight excluding hydrogens is 333 g/mol. The molecule has 0 spiro atoms. The van der Waals surface area contributed by atoms with Gasteiger partial charge in [0.15, 0.2) is 0 Å². The topological polar surface area (TPSA) is 58.1 Å². The molecule has 0 unspecified atom stereocenters. The Balaban J connectivity index is 2.20. The van der Waals surface area contributed by atoms with Gasteiger partial charge in [0.25, 0.3) is 5.91 Å². The molecule has 0 aliphatic heterocycles. The monoisotopic (exact) mass is 352 g/mol. The van der Waals surface area contributed by atoms with Gasteiger partial charge >= 0.3 is 6.18 Å². The van der Waals surface area contributed by atoms with E-state index in [-0.39, 0.29) is 11.4 Å². The number of benzene rings is 1. The zero-order valence-corrected chi connectivity index (χ0v) is 14.2. The summed E-state index contributed by atoms with van der Waals surface area (Å²) in [5.41, 5.74) is -0.347. The van der Waals surface area contributed by atoms with Crippen molar-refractivity contribution in [1.29, 1.82) is 0 Å². The van der Waals surface area contributed by atoms with Crippen molar-refractivity contribution in [2.45, 2.75) is 26.9 Å². The fourth-order valence-electron chi connectivity index (χ4n) is 2.32. The van der Waals surface area contributed by atoms with Crippen LogP contribution in [-0.2, 0) is 6.18 Å². The van der Waals surface area contributed by atoms with Gasteiger partial charge in [-0.1, -0.05) is 0 Å². The Bertz CT molecular complexity index is 741. The highest BCUT2D eigenvalue weighted by atomic mass is 19.4. The van der Waals surface area contributed by atoms with Crippen LogP contribution in [0.2, 0.25) is 0 Å². The minimum Gasteiger partial charge on any atom is -0.357 e. The number of carbonyl (C=O) groups is 1. The first-order chi connectivity index (χ1) is 11.7. The first-order valence-electron chi connectivity index (χ1n) is 7.83. The van der Waals surface area contributed by atoms with E-state index in [1.54, 1.807) is 13.0 Å². The van der Waals surface area contributed by atoms with Crippen LogP contribution >= 0.6 is 0 Å². The van der Waals surface area contributed by atoms with Crippen molar-refractivity contribution in [3.63, 3.8) is 0 Å². The molecule has 25 heavy (non-hydrogen) atoms. The average Bonchev–Trinajstić information content (AvgIpc) is 2.55. The molecule has 134 valence electrons. The van der Waals surface area contributed by atoms with E-state index in [0.717, 1.165) is 25.2 Å². The number of aromatic nitrogens is 2. The van der Waals surface area contributed by atoms with E-state index < -0.39 is 17.6 Å². The molecule has 1 amide bonds. The summed E-state index contributed by atoms with van der Waals surface area (Å²) < 4.78 is 37.7. The second-order valence-electron chi connectivity index (χ2n) is 5.36. The molecule has 0 atom stereocenters. The zero-order valence-electron chi connectivity index (χ0n) is 14.2. The summed E-state index contributed by atoms with van der Waals surface area (Å²) in [6, 6.07) is 5.82. The second-order valence-corrected chi connectivity index (χ2v) is 5.36. The molecule has 1 heterocycles. The largest absolute Gasteiger partial charge is 0.416 e. The van der Waals surface area contributed by atoms with Crippen LogP contribution in [0.15, 0.2) is 30.3 Å². The maximum absolute atomic E-state index is 12.6. The number of nitrogens with zero attached hydrogens (tertiary/aromatic N) is 3. The first kappa shape index (κ1) is 18.7. The molecule has 0 aliphatic rings. The molecule has 0 fully saturated rings. The third kappa shape index (κ3) is 4.68. The van der Waals surface area contributed by atoms with Gasteiger partial charge in [0.05, 0.1) is 5.56 Å². The maximum atomic E-state index is 12.6. The van der Waals surface area contributed by atoms with Crippen molar-refractivity contribution in [2.75, 3.05) is 23.3 Å². The Kier molecular flexibility index (Phi) is 5.61. The van der Waals surface area contributed by atoms with Gasteiger partial charge in [-0.25, -0.2) is 9.97 Å². The smallest absolute Gasteiger partial charge is 0.357 e. The summed E-state index contributed by atoms with van der Waals surface area (Å²) in [4.78, 5) is 22.8. The normalized spacial score (nSPS) is 11.3.